The van der Waals surface area contributed by atoms with Crippen molar-refractivity contribution in [3.63, 3.8) is 0 Å². The summed E-state index contributed by atoms with van der Waals surface area (Å²) in [6, 6.07) is 3.28. The van der Waals surface area contributed by atoms with Gasteiger partial charge in [0.2, 0.25) is 0 Å². The summed E-state index contributed by atoms with van der Waals surface area (Å²) in [5.74, 6) is 0. The van der Waals surface area contributed by atoms with Crippen LogP contribution in [0.1, 0.15) is 0 Å². The Hall–Kier alpha value is -0.280. The minimum atomic E-state index is 0.405. The number of hydrogen-bond acceptors (Lipinski definition) is 2. The molecule has 0 spiro atoms. The molecular weight excluding hydrogens is 203 g/mol. The average molecular weight is 207 g/mol. The van der Waals surface area contributed by atoms with E-state index in [2.05, 4.69) is 20.9 Å². The fraction of sp³-hybridized carbons (Fsp3) is 0. The van der Waals surface area contributed by atoms with Gasteiger partial charge in [0.15, 0.2) is 0 Å². The Labute approximate surface area is 66.2 Å². The van der Waals surface area contributed by atoms with Crippen molar-refractivity contribution >= 4 is 33.2 Å². The molecule has 0 saturated carbocycles. The molecule has 4 heteroatoms. The van der Waals surface area contributed by atoms with Crippen molar-refractivity contribution in [1.29, 1.82) is 0 Å². The number of hydrogen-bond donors (Lipinski definition) is 1. The number of rotatable bonds is 0. The van der Waals surface area contributed by atoms with Gasteiger partial charge < -0.3 is 5.73 Å². The van der Waals surface area contributed by atoms with Crippen LogP contribution in [0.3, 0.4) is 0 Å². The van der Waals surface area contributed by atoms with Crippen LogP contribution in [0, 0.1) is 0 Å². The van der Waals surface area contributed by atoms with Crippen molar-refractivity contribution < 1.29 is 0 Å². The summed E-state index contributed by atoms with van der Waals surface area (Å²) < 4.78 is 0.660. The molecule has 0 radical (unpaired) electrons. The monoisotopic (exact) mass is 206 g/mol. The molecular formula is C5H4BrClN2. The van der Waals surface area contributed by atoms with Crippen molar-refractivity contribution in [2.24, 2.45) is 0 Å². The average Bonchev–Trinajstić information content (AvgIpc) is 1.59. The van der Waals surface area contributed by atoms with Crippen molar-refractivity contribution in [1.82, 2.24) is 4.98 Å². The van der Waals surface area contributed by atoms with Crippen LogP contribution in [0.5, 0.6) is 0 Å². The minimum Gasteiger partial charge on any atom is -0.399 e. The summed E-state index contributed by atoms with van der Waals surface area (Å²) in [7, 11) is 0. The molecule has 0 aliphatic carbocycles. The zero-order chi connectivity index (χ0) is 6.85. The summed E-state index contributed by atoms with van der Waals surface area (Å²) in [4.78, 5) is 3.84. The van der Waals surface area contributed by atoms with E-state index in [0.29, 0.717) is 15.4 Å². The number of anilines is 1. The first-order chi connectivity index (χ1) is 4.18. The molecule has 0 bridgehead atoms. The number of pyridine rings is 1. The Kier molecular flexibility index (Phi) is 1.93. The predicted molar refractivity (Wildman–Crippen MR) is 41.4 cm³/mol. The third-order valence-corrected chi connectivity index (χ3v) is 1.39. The van der Waals surface area contributed by atoms with Crippen molar-refractivity contribution in [3.8, 4) is 0 Å². The van der Waals surface area contributed by atoms with E-state index in [-0.39, 0.29) is 0 Å². The highest BCUT2D eigenvalue weighted by Crippen LogP contribution is 2.15. The first-order valence-electron chi connectivity index (χ1n) is 2.27. The molecule has 2 nitrogen and oxygen atoms in total. The molecule has 1 rings (SSSR count). The highest BCUT2D eigenvalue weighted by molar-refractivity contribution is 9.10. The largest absolute Gasteiger partial charge is 0.399 e. The van der Waals surface area contributed by atoms with E-state index >= 15 is 0 Å². The number of nitrogen functional groups attached to an aromatic ring is 1. The maximum absolute atomic E-state index is 5.53. The van der Waals surface area contributed by atoms with Crippen LogP contribution in [0.4, 0.5) is 5.69 Å². The van der Waals surface area contributed by atoms with E-state index < -0.39 is 0 Å². The van der Waals surface area contributed by atoms with Crippen LogP contribution in [0.15, 0.2) is 16.7 Å². The standard InChI is InChI=1S/C5H4BrClN2/c6-4-1-3(8)2-5(7)9-4/h1-2H,(H2,8,9). The summed E-state index contributed by atoms with van der Waals surface area (Å²) >= 11 is 8.67. The van der Waals surface area contributed by atoms with Crippen LogP contribution < -0.4 is 5.73 Å². The van der Waals surface area contributed by atoms with E-state index in [4.69, 9.17) is 17.3 Å². The Bertz CT molecular complexity index is 176. The lowest BCUT2D eigenvalue weighted by atomic mass is 10.4. The summed E-state index contributed by atoms with van der Waals surface area (Å²) in [5, 5.41) is 0.405. The van der Waals surface area contributed by atoms with Crippen LogP contribution in [0.25, 0.3) is 0 Å². The second-order valence-corrected chi connectivity index (χ2v) is 2.75. The van der Waals surface area contributed by atoms with E-state index in [1.807, 2.05) is 0 Å². The normalized spacial score (nSPS) is 9.56. The highest BCUT2D eigenvalue weighted by atomic mass is 79.9. The topological polar surface area (TPSA) is 38.9 Å². The van der Waals surface area contributed by atoms with Crippen LogP contribution >= 0.6 is 27.5 Å². The molecule has 0 aliphatic rings. The maximum atomic E-state index is 5.53. The number of halogens is 2. The molecule has 0 aliphatic heterocycles. The fourth-order valence-electron chi connectivity index (χ4n) is 0.483. The maximum Gasteiger partial charge on any atom is 0.132 e. The summed E-state index contributed by atoms with van der Waals surface area (Å²) in [6.07, 6.45) is 0. The smallest absolute Gasteiger partial charge is 0.132 e. The molecule has 9 heavy (non-hydrogen) atoms. The molecule has 0 amide bonds. The Morgan fingerprint density at radius 3 is 2.67 bits per heavy atom. The molecule has 2 N–H and O–H groups in total. The Morgan fingerprint density at radius 2 is 2.22 bits per heavy atom. The highest BCUT2D eigenvalue weighted by Gasteiger charge is 1.92. The minimum absolute atomic E-state index is 0.405. The first-order valence-corrected chi connectivity index (χ1v) is 3.44. The molecule has 1 aromatic rings. The van der Waals surface area contributed by atoms with Gasteiger partial charge in [-0.2, -0.15) is 0 Å². The van der Waals surface area contributed by atoms with Gasteiger partial charge in [0.1, 0.15) is 9.76 Å². The number of nitrogens with zero attached hydrogens (tertiary/aromatic N) is 1. The number of nitrogens with two attached hydrogens (primary N) is 1. The first kappa shape index (κ1) is 6.83. The Morgan fingerprint density at radius 1 is 1.56 bits per heavy atom. The fourth-order valence-corrected chi connectivity index (χ4v) is 1.26. The third kappa shape index (κ3) is 1.84. The van der Waals surface area contributed by atoms with E-state index in [0.717, 1.165) is 0 Å². The molecule has 0 saturated heterocycles. The second kappa shape index (κ2) is 2.54. The van der Waals surface area contributed by atoms with Gasteiger partial charge >= 0.3 is 0 Å². The van der Waals surface area contributed by atoms with E-state index in [1.54, 1.807) is 12.1 Å². The lowest BCUT2D eigenvalue weighted by molar-refractivity contribution is 1.28. The van der Waals surface area contributed by atoms with Gasteiger partial charge in [-0.25, -0.2) is 4.98 Å². The van der Waals surface area contributed by atoms with Gasteiger partial charge in [-0.3, -0.25) is 0 Å². The molecule has 0 fully saturated rings. The van der Waals surface area contributed by atoms with Crippen molar-refractivity contribution in [3.05, 3.63) is 21.9 Å². The van der Waals surface area contributed by atoms with Crippen LogP contribution in [-0.4, -0.2) is 4.98 Å². The van der Waals surface area contributed by atoms with Crippen LogP contribution in [0.2, 0.25) is 5.15 Å². The van der Waals surface area contributed by atoms with Gasteiger partial charge in [0.05, 0.1) is 0 Å². The molecule has 0 aromatic carbocycles. The van der Waals surface area contributed by atoms with Gasteiger partial charge in [0.25, 0.3) is 0 Å². The quantitative estimate of drug-likeness (QED) is 0.662. The third-order valence-electron chi connectivity index (χ3n) is 0.785. The van der Waals surface area contributed by atoms with E-state index in [9.17, 15) is 0 Å². The summed E-state index contributed by atoms with van der Waals surface area (Å²) in [6.45, 7) is 0. The lowest BCUT2D eigenvalue weighted by Crippen LogP contribution is -1.85. The van der Waals surface area contributed by atoms with Crippen molar-refractivity contribution in [2.45, 2.75) is 0 Å². The molecule has 1 heterocycles. The summed E-state index contributed by atoms with van der Waals surface area (Å²) in [5.41, 5.74) is 6.02. The predicted octanol–water partition coefficient (Wildman–Crippen LogP) is 2.08. The van der Waals surface area contributed by atoms with Gasteiger partial charge in [-0.15, -0.1) is 0 Å². The van der Waals surface area contributed by atoms with E-state index in [1.165, 1.54) is 0 Å². The SMILES string of the molecule is Nc1cc(Cl)nc(Br)c1. The molecule has 1 aromatic heterocycles. The molecule has 0 unspecified atom stereocenters. The Balaban J connectivity index is 3.17. The van der Waals surface area contributed by atoms with Crippen LogP contribution in [-0.2, 0) is 0 Å². The zero-order valence-electron chi connectivity index (χ0n) is 4.44. The van der Waals surface area contributed by atoms with Gasteiger partial charge in [0, 0.05) is 5.69 Å². The molecule has 48 valence electrons. The lowest BCUT2D eigenvalue weighted by Gasteiger charge is -1.93. The molecule has 0 atom stereocenters. The zero-order valence-corrected chi connectivity index (χ0v) is 6.78. The second-order valence-electron chi connectivity index (χ2n) is 1.55. The van der Waals surface area contributed by atoms with Gasteiger partial charge in [-0.1, -0.05) is 11.6 Å². The number of aromatic nitrogens is 1. The van der Waals surface area contributed by atoms with Gasteiger partial charge in [-0.05, 0) is 28.1 Å². The van der Waals surface area contributed by atoms with Crippen molar-refractivity contribution in [2.75, 3.05) is 5.73 Å².